The Balaban J connectivity index is 2.48. The van der Waals surface area contributed by atoms with Crippen molar-refractivity contribution >= 4 is 5.97 Å². The number of aromatic nitrogens is 2. The Morgan fingerprint density at radius 2 is 2.00 bits per heavy atom. The Labute approximate surface area is 115 Å². The predicted octanol–water partition coefficient (Wildman–Crippen LogP) is 1.36. The van der Waals surface area contributed by atoms with E-state index in [1.807, 2.05) is 6.92 Å². The van der Waals surface area contributed by atoms with Crippen LogP contribution in [0.2, 0.25) is 0 Å². The van der Waals surface area contributed by atoms with Gasteiger partial charge in [0, 0.05) is 5.69 Å². The van der Waals surface area contributed by atoms with Crippen LogP contribution in [-0.4, -0.2) is 28.0 Å². The maximum absolute atomic E-state index is 12.3. The summed E-state index contributed by atoms with van der Waals surface area (Å²) in [7, 11) is 1.57. The molecule has 1 aromatic carbocycles. The molecule has 0 amide bonds. The second-order valence-electron chi connectivity index (χ2n) is 4.33. The van der Waals surface area contributed by atoms with Crippen molar-refractivity contribution < 1.29 is 14.6 Å². The molecule has 1 aromatic heterocycles. The van der Waals surface area contributed by atoms with E-state index in [4.69, 9.17) is 9.84 Å². The maximum atomic E-state index is 12.3. The lowest BCUT2D eigenvalue weighted by atomic mass is 10.1. The number of nitrogens with zero attached hydrogens (tertiary/aromatic N) is 1. The van der Waals surface area contributed by atoms with Crippen LogP contribution in [0.1, 0.15) is 18.2 Å². The highest BCUT2D eigenvalue weighted by Crippen LogP contribution is 2.14. The normalized spacial score (nSPS) is 10.5. The van der Waals surface area contributed by atoms with Crippen LogP contribution in [0.4, 0.5) is 0 Å². The number of hydrogen-bond acceptors (Lipinski definition) is 3. The average Bonchev–Trinajstić information content (AvgIpc) is 2.75. The van der Waals surface area contributed by atoms with Crippen molar-refractivity contribution in [2.45, 2.75) is 19.8 Å². The minimum atomic E-state index is -1.02. The molecule has 0 spiro atoms. The van der Waals surface area contributed by atoms with Crippen molar-refractivity contribution in [1.82, 2.24) is 9.78 Å². The monoisotopic (exact) mass is 276 g/mol. The zero-order valence-electron chi connectivity index (χ0n) is 11.3. The molecular weight excluding hydrogens is 260 g/mol. The van der Waals surface area contributed by atoms with Gasteiger partial charge in [-0.05, 0) is 30.7 Å². The van der Waals surface area contributed by atoms with Crippen molar-refractivity contribution in [3.8, 4) is 11.4 Å². The van der Waals surface area contributed by atoms with Crippen LogP contribution in [0, 0.1) is 0 Å². The first-order chi connectivity index (χ1) is 9.56. The van der Waals surface area contributed by atoms with Gasteiger partial charge >= 0.3 is 5.97 Å². The van der Waals surface area contributed by atoms with E-state index in [2.05, 4.69) is 5.10 Å². The number of carbonyl (C=O) groups is 1. The van der Waals surface area contributed by atoms with Crippen molar-refractivity contribution in [2.75, 3.05) is 7.11 Å². The zero-order chi connectivity index (χ0) is 14.7. The lowest BCUT2D eigenvalue weighted by molar-refractivity contribution is -0.136. The molecule has 0 aliphatic rings. The number of benzene rings is 1. The number of ether oxygens (including phenoxy) is 1. The van der Waals surface area contributed by atoms with Gasteiger partial charge in [-0.2, -0.15) is 0 Å². The van der Waals surface area contributed by atoms with Crippen LogP contribution in [0.3, 0.4) is 0 Å². The van der Waals surface area contributed by atoms with Gasteiger partial charge in [0.05, 0.1) is 24.8 Å². The Morgan fingerprint density at radius 1 is 1.35 bits per heavy atom. The fourth-order valence-electron chi connectivity index (χ4n) is 2.06. The molecule has 0 fully saturated rings. The van der Waals surface area contributed by atoms with Crippen molar-refractivity contribution in [1.29, 1.82) is 0 Å². The summed E-state index contributed by atoms with van der Waals surface area (Å²) in [4.78, 5) is 23.1. The third kappa shape index (κ3) is 2.59. The van der Waals surface area contributed by atoms with Gasteiger partial charge in [0.1, 0.15) is 5.75 Å². The molecule has 1 heterocycles. The van der Waals surface area contributed by atoms with E-state index in [1.165, 1.54) is 4.68 Å². The van der Waals surface area contributed by atoms with Crippen LogP contribution in [0.15, 0.2) is 29.1 Å². The number of carboxylic acids is 1. The molecule has 0 aliphatic carbocycles. The minimum Gasteiger partial charge on any atom is -0.497 e. The molecule has 106 valence electrons. The van der Waals surface area contributed by atoms with Crippen LogP contribution in [0.5, 0.6) is 5.75 Å². The lowest BCUT2D eigenvalue weighted by Crippen LogP contribution is -2.19. The van der Waals surface area contributed by atoms with E-state index in [0.717, 1.165) is 0 Å². The summed E-state index contributed by atoms with van der Waals surface area (Å²) in [5.74, 6) is -0.326. The van der Waals surface area contributed by atoms with Crippen molar-refractivity contribution in [3.63, 3.8) is 0 Å². The molecular formula is C14H16N2O4. The van der Waals surface area contributed by atoms with Gasteiger partial charge in [-0.25, -0.2) is 4.68 Å². The first-order valence-electron chi connectivity index (χ1n) is 6.25. The number of methoxy groups -OCH3 is 1. The molecule has 0 aliphatic heterocycles. The number of hydrogen-bond donors (Lipinski definition) is 2. The summed E-state index contributed by atoms with van der Waals surface area (Å²) in [6, 6.07) is 6.96. The SMILES string of the molecule is CCc1[nH]n(-c2ccc(OC)cc2)c(=O)c1CC(=O)O. The van der Waals surface area contributed by atoms with Gasteiger partial charge in [-0.3, -0.25) is 14.7 Å². The molecule has 2 rings (SSSR count). The van der Waals surface area contributed by atoms with Crippen LogP contribution < -0.4 is 10.3 Å². The second kappa shape index (κ2) is 5.64. The molecule has 6 nitrogen and oxygen atoms in total. The summed E-state index contributed by atoms with van der Waals surface area (Å²) in [6.07, 6.45) is 0.294. The van der Waals surface area contributed by atoms with Crippen molar-refractivity contribution in [2.24, 2.45) is 0 Å². The summed E-state index contributed by atoms with van der Waals surface area (Å²) in [5, 5.41) is 11.8. The van der Waals surface area contributed by atoms with E-state index >= 15 is 0 Å². The van der Waals surface area contributed by atoms with Gasteiger partial charge in [0.15, 0.2) is 0 Å². The van der Waals surface area contributed by atoms with Gasteiger partial charge < -0.3 is 9.84 Å². The molecule has 0 saturated carbocycles. The summed E-state index contributed by atoms with van der Waals surface area (Å²) >= 11 is 0. The number of carboxylic acid groups (broad SMARTS) is 1. The minimum absolute atomic E-state index is 0.276. The molecule has 0 saturated heterocycles. The third-order valence-electron chi connectivity index (χ3n) is 3.08. The predicted molar refractivity (Wildman–Crippen MR) is 73.7 cm³/mol. The first-order valence-corrected chi connectivity index (χ1v) is 6.25. The highest BCUT2D eigenvalue weighted by atomic mass is 16.5. The van der Waals surface area contributed by atoms with E-state index in [9.17, 15) is 9.59 Å². The highest BCUT2D eigenvalue weighted by Gasteiger charge is 2.16. The molecule has 0 unspecified atom stereocenters. The number of H-pyrrole nitrogens is 1. The Kier molecular flexibility index (Phi) is 3.93. The lowest BCUT2D eigenvalue weighted by Gasteiger charge is -2.03. The average molecular weight is 276 g/mol. The molecule has 0 atom stereocenters. The quantitative estimate of drug-likeness (QED) is 0.863. The highest BCUT2D eigenvalue weighted by molar-refractivity contribution is 5.70. The first kappa shape index (κ1) is 13.9. The maximum Gasteiger partial charge on any atom is 0.308 e. The molecule has 0 bridgehead atoms. The van der Waals surface area contributed by atoms with Crippen LogP contribution in [-0.2, 0) is 17.6 Å². The van der Waals surface area contributed by atoms with Crippen molar-refractivity contribution in [3.05, 3.63) is 45.9 Å². The van der Waals surface area contributed by atoms with Crippen LogP contribution in [0.25, 0.3) is 5.69 Å². The fourth-order valence-corrected chi connectivity index (χ4v) is 2.06. The van der Waals surface area contributed by atoms with Gasteiger partial charge in [-0.1, -0.05) is 6.92 Å². The van der Waals surface area contributed by atoms with Gasteiger partial charge in [0.25, 0.3) is 5.56 Å². The summed E-state index contributed by atoms with van der Waals surface area (Å²) in [6.45, 7) is 1.87. The number of aliphatic carboxylic acids is 1. The Bertz CT molecular complexity index is 667. The number of nitrogens with one attached hydrogen (secondary N) is 1. The standard InChI is InChI=1S/C14H16N2O4/c1-3-12-11(8-13(17)18)14(19)16(15-12)9-4-6-10(20-2)7-5-9/h4-7,15H,3,8H2,1-2H3,(H,17,18). The second-order valence-corrected chi connectivity index (χ2v) is 4.33. The Hall–Kier alpha value is -2.50. The molecule has 20 heavy (non-hydrogen) atoms. The van der Waals surface area contributed by atoms with E-state index in [0.29, 0.717) is 29.1 Å². The third-order valence-corrected chi connectivity index (χ3v) is 3.08. The number of aryl methyl sites for hydroxylation is 1. The van der Waals surface area contributed by atoms with E-state index < -0.39 is 5.97 Å². The molecule has 6 heteroatoms. The van der Waals surface area contributed by atoms with E-state index in [1.54, 1.807) is 31.4 Å². The van der Waals surface area contributed by atoms with Gasteiger partial charge in [0.2, 0.25) is 0 Å². The number of aromatic amines is 1. The molecule has 0 radical (unpaired) electrons. The van der Waals surface area contributed by atoms with Crippen LogP contribution >= 0.6 is 0 Å². The number of rotatable bonds is 5. The molecule has 2 N–H and O–H groups in total. The summed E-state index contributed by atoms with van der Waals surface area (Å²) < 4.78 is 6.42. The fraction of sp³-hybridized carbons (Fsp3) is 0.286. The Morgan fingerprint density at radius 3 is 2.50 bits per heavy atom. The summed E-state index contributed by atoms with van der Waals surface area (Å²) in [5.41, 5.74) is 1.26. The smallest absolute Gasteiger partial charge is 0.308 e. The van der Waals surface area contributed by atoms with Gasteiger partial charge in [-0.15, -0.1) is 0 Å². The zero-order valence-corrected chi connectivity index (χ0v) is 11.3. The topological polar surface area (TPSA) is 84.3 Å². The van der Waals surface area contributed by atoms with E-state index in [-0.39, 0.29) is 12.0 Å². The largest absolute Gasteiger partial charge is 0.497 e. The molecule has 2 aromatic rings.